The zero-order chi connectivity index (χ0) is 41.2. The first-order chi connectivity index (χ1) is 27.0. The number of amides is 8. The van der Waals surface area contributed by atoms with Crippen LogP contribution in [0.25, 0.3) is 10.4 Å². The third kappa shape index (κ3) is 8.94. The Kier molecular flexibility index (Phi) is 12.0. The molecule has 3 aliphatic rings. The monoisotopic (exact) mass is 799 g/mol. The van der Waals surface area contributed by atoms with Crippen LogP contribution in [0.2, 0.25) is 0 Å². The minimum absolute atomic E-state index is 0.0116. The van der Waals surface area contributed by atoms with E-state index < -0.39 is 76.9 Å². The van der Waals surface area contributed by atoms with E-state index >= 15 is 0 Å². The summed E-state index contributed by atoms with van der Waals surface area (Å²) < 4.78 is 0. The van der Waals surface area contributed by atoms with Gasteiger partial charge in [0.05, 0.1) is 39.0 Å². The van der Waals surface area contributed by atoms with Gasteiger partial charge in [0.2, 0.25) is 35.4 Å². The first-order valence-electron chi connectivity index (χ1n) is 18.7. The van der Waals surface area contributed by atoms with Crippen LogP contribution < -0.4 is 21.3 Å². The molecule has 0 spiro atoms. The summed E-state index contributed by atoms with van der Waals surface area (Å²) in [5.74, 6) is -4.70. The quantitative estimate of drug-likeness (QED) is 0.168. The zero-order valence-corrected chi connectivity index (χ0v) is 32.9. The molecule has 0 radical (unpaired) electrons. The molecule has 4 atom stereocenters. The van der Waals surface area contributed by atoms with E-state index in [1.807, 2.05) is 31.2 Å². The molecule has 0 saturated carbocycles. The number of imide groups is 2. The number of carbonyl (C=O) groups is 8. The number of thiazole rings is 1. The summed E-state index contributed by atoms with van der Waals surface area (Å²) in [5, 5.41) is 21.0. The molecule has 2 aromatic carbocycles. The first kappa shape index (κ1) is 40.8. The average molecular weight is 800 g/mol. The van der Waals surface area contributed by atoms with Gasteiger partial charge in [-0.15, -0.1) is 11.3 Å². The van der Waals surface area contributed by atoms with Crippen LogP contribution in [0.4, 0.5) is 5.69 Å². The molecule has 2 fully saturated rings. The van der Waals surface area contributed by atoms with Crippen molar-refractivity contribution in [3.05, 3.63) is 70.4 Å². The highest BCUT2D eigenvalue weighted by atomic mass is 32.1. The Labute approximate surface area is 332 Å². The summed E-state index contributed by atoms with van der Waals surface area (Å²) in [6.45, 7) is 7.39. The van der Waals surface area contributed by atoms with Crippen molar-refractivity contribution in [3.8, 4) is 10.4 Å². The maximum atomic E-state index is 14.0. The predicted octanol–water partition coefficient (Wildman–Crippen LogP) is 2.44. The molecule has 5 N–H and O–H groups in total. The van der Waals surface area contributed by atoms with E-state index in [-0.39, 0.29) is 68.4 Å². The van der Waals surface area contributed by atoms with Gasteiger partial charge >= 0.3 is 0 Å². The number of nitrogens with zero attached hydrogens (tertiary/aromatic N) is 3. The second-order valence-electron chi connectivity index (χ2n) is 15.5. The fraction of sp³-hybridized carbons (Fsp3) is 0.425. The van der Waals surface area contributed by atoms with Gasteiger partial charge in [-0.3, -0.25) is 48.6 Å². The molecule has 300 valence electrons. The van der Waals surface area contributed by atoms with E-state index in [0.717, 1.165) is 26.6 Å². The summed E-state index contributed by atoms with van der Waals surface area (Å²) in [4.78, 5) is 112. The fourth-order valence-corrected chi connectivity index (χ4v) is 8.07. The van der Waals surface area contributed by atoms with E-state index in [2.05, 4.69) is 26.3 Å². The van der Waals surface area contributed by atoms with Crippen molar-refractivity contribution in [1.82, 2.24) is 30.7 Å². The number of piperidine rings is 1. The molecular weight excluding hydrogens is 755 g/mol. The molecule has 1 unspecified atom stereocenters. The van der Waals surface area contributed by atoms with E-state index in [9.17, 15) is 43.5 Å². The number of aliphatic hydroxyl groups is 1. The van der Waals surface area contributed by atoms with Crippen molar-refractivity contribution >= 4 is 64.3 Å². The summed E-state index contributed by atoms with van der Waals surface area (Å²) >= 11 is 1.55. The van der Waals surface area contributed by atoms with Crippen molar-refractivity contribution in [2.24, 2.45) is 5.41 Å². The Morgan fingerprint density at radius 3 is 2.39 bits per heavy atom. The number of anilines is 1. The summed E-state index contributed by atoms with van der Waals surface area (Å²) in [5.41, 5.74) is 3.83. The van der Waals surface area contributed by atoms with Gasteiger partial charge in [0.1, 0.15) is 18.1 Å². The van der Waals surface area contributed by atoms with Crippen LogP contribution >= 0.6 is 11.3 Å². The number of hydrogen-bond acceptors (Lipinski definition) is 11. The van der Waals surface area contributed by atoms with Gasteiger partial charge in [-0.1, -0.05) is 51.1 Å². The number of nitrogens with one attached hydrogen (secondary N) is 4. The second kappa shape index (κ2) is 16.7. The lowest BCUT2D eigenvalue weighted by atomic mass is 9.85. The standard InChI is InChI=1S/C40H45N7O9S/c1-21-33(57-20-42-21)23-13-11-22(12-14-23)18-41-35(52)28-17-24(48)19-46(28)39(56)34(40(2,3)4)44-30(50)10-6-9-29(49)43-26-8-5-7-25-32(26)38(55)47(37(25)54)27-15-16-31(51)45-36(27)53/h5,7-8,11-14,20,24,27-28,34,48H,6,9-10,15-19H2,1-4H3,(H,41,52)(H,43,49)(H,44,50)(H,45,51,53)/t24-,27?,28+,34-/m1/s1. The van der Waals surface area contributed by atoms with E-state index in [1.54, 1.807) is 37.6 Å². The highest BCUT2D eigenvalue weighted by Crippen LogP contribution is 2.33. The van der Waals surface area contributed by atoms with Gasteiger partial charge in [0, 0.05) is 38.8 Å². The molecule has 2 saturated heterocycles. The fourth-order valence-electron chi connectivity index (χ4n) is 7.25. The largest absolute Gasteiger partial charge is 0.391 e. The molecule has 17 heteroatoms. The summed E-state index contributed by atoms with van der Waals surface area (Å²) in [6.07, 6.45) is -1.13. The van der Waals surface area contributed by atoms with Crippen molar-refractivity contribution < 1.29 is 43.5 Å². The van der Waals surface area contributed by atoms with Gasteiger partial charge in [-0.2, -0.15) is 0 Å². The molecule has 4 heterocycles. The predicted molar refractivity (Wildman–Crippen MR) is 207 cm³/mol. The maximum Gasteiger partial charge on any atom is 0.264 e. The molecule has 3 aliphatic heterocycles. The van der Waals surface area contributed by atoms with Crippen molar-refractivity contribution in [3.63, 3.8) is 0 Å². The Hall–Kier alpha value is -5.81. The number of β-amino-alcohol motifs (C(OH)–C–C–N with tert-alkyl or cyclic N) is 1. The van der Waals surface area contributed by atoms with Crippen molar-refractivity contribution in [1.29, 1.82) is 0 Å². The van der Waals surface area contributed by atoms with Crippen LogP contribution in [0.15, 0.2) is 48.0 Å². The van der Waals surface area contributed by atoms with Crippen LogP contribution in [-0.4, -0.2) is 97.9 Å². The summed E-state index contributed by atoms with van der Waals surface area (Å²) in [6, 6.07) is 8.93. The third-order valence-electron chi connectivity index (χ3n) is 10.3. The molecule has 0 aliphatic carbocycles. The Morgan fingerprint density at radius 2 is 1.72 bits per heavy atom. The normalized spacial score (nSPS) is 19.9. The number of fused-ring (bicyclic) bond motifs is 1. The highest BCUT2D eigenvalue weighted by molar-refractivity contribution is 7.13. The lowest BCUT2D eigenvalue weighted by Crippen LogP contribution is -2.57. The Balaban J connectivity index is 1.02. The SMILES string of the molecule is Cc1ncsc1-c1ccc(CNC(=O)[C@@H]2C[C@@H](O)CN2C(=O)[C@@H](NC(=O)CCCC(=O)Nc2cccc3c2C(=O)N(C2CCC(=O)NC2=O)C3=O)C(C)(C)C)cc1. The smallest absolute Gasteiger partial charge is 0.264 e. The number of rotatable bonds is 12. The average Bonchev–Trinajstić information content (AvgIpc) is 3.84. The van der Waals surface area contributed by atoms with Gasteiger partial charge < -0.3 is 26.0 Å². The number of aliphatic hydroxyl groups excluding tert-OH is 1. The van der Waals surface area contributed by atoms with E-state index in [4.69, 9.17) is 0 Å². The molecule has 3 aromatic rings. The zero-order valence-electron chi connectivity index (χ0n) is 32.0. The van der Waals surface area contributed by atoms with Crippen molar-refractivity contribution in [2.45, 2.75) is 97.0 Å². The summed E-state index contributed by atoms with van der Waals surface area (Å²) in [7, 11) is 0. The van der Waals surface area contributed by atoms with Crippen LogP contribution in [-0.2, 0) is 35.3 Å². The molecule has 6 rings (SSSR count). The van der Waals surface area contributed by atoms with Crippen LogP contribution in [0.1, 0.15) is 91.3 Å². The van der Waals surface area contributed by atoms with Crippen molar-refractivity contribution in [2.75, 3.05) is 11.9 Å². The number of carbonyl (C=O) groups excluding carboxylic acids is 8. The van der Waals surface area contributed by atoms with Gasteiger partial charge in [-0.05, 0) is 48.4 Å². The van der Waals surface area contributed by atoms with Gasteiger partial charge in [0.15, 0.2) is 0 Å². The highest BCUT2D eigenvalue weighted by Gasteiger charge is 2.46. The molecule has 0 bridgehead atoms. The minimum atomic E-state index is -1.16. The van der Waals surface area contributed by atoms with Crippen LogP contribution in [0.5, 0.6) is 0 Å². The number of aryl methyl sites for hydroxylation is 1. The number of likely N-dealkylation sites (tertiary alicyclic amines) is 1. The number of hydrogen-bond donors (Lipinski definition) is 5. The Bertz CT molecular complexity index is 2130. The van der Waals surface area contributed by atoms with Gasteiger partial charge in [0.25, 0.3) is 11.8 Å². The molecule has 57 heavy (non-hydrogen) atoms. The minimum Gasteiger partial charge on any atom is -0.391 e. The number of benzene rings is 2. The maximum absolute atomic E-state index is 14.0. The van der Waals surface area contributed by atoms with Crippen LogP contribution in [0, 0.1) is 12.3 Å². The van der Waals surface area contributed by atoms with Gasteiger partial charge in [-0.25, -0.2) is 4.98 Å². The van der Waals surface area contributed by atoms with E-state index in [0.29, 0.717) is 0 Å². The molecular formula is C40H45N7O9S. The first-order valence-corrected chi connectivity index (χ1v) is 19.6. The van der Waals surface area contributed by atoms with Crippen LogP contribution in [0.3, 0.4) is 0 Å². The second-order valence-corrected chi connectivity index (χ2v) is 16.4. The lowest BCUT2D eigenvalue weighted by molar-refractivity contribution is -0.144. The van der Waals surface area contributed by atoms with E-state index in [1.165, 1.54) is 23.1 Å². The number of aromatic nitrogens is 1. The Morgan fingerprint density at radius 1 is 1.00 bits per heavy atom. The lowest BCUT2D eigenvalue weighted by Gasteiger charge is -2.35. The third-order valence-corrected chi connectivity index (χ3v) is 11.2. The molecule has 16 nitrogen and oxygen atoms in total. The topological polar surface area (TPSA) is 224 Å². The molecule has 1 aromatic heterocycles. The molecule has 8 amide bonds.